The summed E-state index contributed by atoms with van der Waals surface area (Å²) in [6, 6.07) is 27.7. The molecule has 0 radical (unpaired) electrons. The van der Waals surface area contributed by atoms with Gasteiger partial charge in [0.15, 0.2) is 11.6 Å². The Labute approximate surface area is 244 Å². The van der Waals surface area contributed by atoms with Gasteiger partial charge in [-0.05, 0) is 53.1 Å². The van der Waals surface area contributed by atoms with E-state index >= 15 is 0 Å². The number of Topliss-reactive ketones (excluding diaryl/α,β-unsaturated/α-hetero) is 2. The molecule has 196 valence electrons. The number of fused-ring (bicyclic) bond motifs is 6. The quantitative estimate of drug-likeness (QED) is 0.251. The number of nitrogens with one attached hydrogen (secondary N) is 1. The SMILES string of the molecule is O=C(c1ccc(Br)cc1)[C@@H]1[C@H](C(=O)c2ccccc2Cl)N2C=Cc3ccccc3[C@H]2[C@]12C(=O)Nc1ccccc12. The van der Waals surface area contributed by atoms with Gasteiger partial charge in [-0.25, -0.2) is 0 Å². The number of ketones is 2. The van der Waals surface area contributed by atoms with Crippen LogP contribution in [0.3, 0.4) is 0 Å². The Bertz CT molecular complexity index is 1750. The maximum Gasteiger partial charge on any atom is 0.238 e. The summed E-state index contributed by atoms with van der Waals surface area (Å²) in [5, 5.41) is 3.37. The van der Waals surface area contributed by atoms with E-state index in [1.54, 1.807) is 48.5 Å². The van der Waals surface area contributed by atoms with Crippen LogP contribution in [0.5, 0.6) is 0 Å². The van der Waals surface area contributed by atoms with Crippen molar-refractivity contribution in [2.75, 3.05) is 5.32 Å². The van der Waals surface area contributed by atoms with Gasteiger partial charge < -0.3 is 10.2 Å². The van der Waals surface area contributed by atoms with Crippen molar-refractivity contribution in [3.63, 3.8) is 0 Å². The first kappa shape index (κ1) is 25.0. The molecule has 0 unspecified atom stereocenters. The van der Waals surface area contributed by atoms with Crippen molar-refractivity contribution in [1.29, 1.82) is 0 Å². The van der Waals surface area contributed by atoms with Crippen LogP contribution in [-0.2, 0) is 10.2 Å². The van der Waals surface area contributed by atoms with Crippen molar-refractivity contribution < 1.29 is 14.4 Å². The number of anilines is 1. The van der Waals surface area contributed by atoms with Gasteiger partial charge in [-0.2, -0.15) is 0 Å². The first-order valence-corrected chi connectivity index (χ1v) is 14.1. The number of benzene rings is 4. The fourth-order valence-corrected chi connectivity index (χ4v) is 7.28. The normalized spacial score (nSPS) is 23.9. The Morgan fingerprint density at radius 2 is 1.55 bits per heavy atom. The second-order valence-electron chi connectivity index (χ2n) is 10.3. The summed E-state index contributed by atoms with van der Waals surface area (Å²) in [4.78, 5) is 45.6. The minimum absolute atomic E-state index is 0.273. The molecule has 0 bridgehead atoms. The lowest BCUT2D eigenvalue weighted by molar-refractivity contribution is -0.122. The second-order valence-corrected chi connectivity index (χ2v) is 11.6. The molecule has 3 aliphatic heterocycles. The molecule has 4 aromatic carbocycles. The number of carbonyl (C=O) groups excluding carboxylic acids is 3. The van der Waals surface area contributed by atoms with E-state index in [-0.39, 0.29) is 17.5 Å². The maximum absolute atomic E-state index is 14.7. The van der Waals surface area contributed by atoms with Crippen molar-refractivity contribution in [2.45, 2.75) is 17.5 Å². The number of hydrogen-bond acceptors (Lipinski definition) is 4. The Balaban J connectivity index is 1.55. The van der Waals surface area contributed by atoms with Crippen LogP contribution in [-0.4, -0.2) is 28.4 Å². The molecule has 1 fully saturated rings. The van der Waals surface area contributed by atoms with Crippen LogP contribution in [0.1, 0.15) is 43.4 Å². The molecule has 3 heterocycles. The second kappa shape index (κ2) is 9.29. The van der Waals surface area contributed by atoms with E-state index in [0.29, 0.717) is 27.4 Å². The topological polar surface area (TPSA) is 66.5 Å². The van der Waals surface area contributed by atoms with E-state index < -0.39 is 23.4 Å². The smallest absolute Gasteiger partial charge is 0.238 e. The minimum atomic E-state index is -1.37. The lowest BCUT2D eigenvalue weighted by atomic mass is 9.62. The summed E-state index contributed by atoms with van der Waals surface area (Å²) in [5.41, 5.74) is 2.57. The molecule has 5 nitrogen and oxygen atoms in total. The van der Waals surface area contributed by atoms with E-state index in [2.05, 4.69) is 21.2 Å². The maximum atomic E-state index is 14.7. The van der Waals surface area contributed by atoms with Gasteiger partial charge in [0.25, 0.3) is 0 Å². The summed E-state index contributed by atoms with van der Waals surface area (Å²) in [6.07, 6.45) is 3.80. The molecule has 0 aliphatic carbocycles. The fourth-order valence-electron chi connectivity index (χ4n) is 6.78. The zero-order valence-corrected chi connectivity index (χ0v) is 23.4. The molecule has 1 amide bonds. The number of halogens is 2. The largest absolute Gasteiger partial charge is 0.358 e. The lowest BCUT2D eigenvalue weighted by Crippen LogP contribution is -2.49. The molecule has 1 saturated heterocycles. The predicted molar refractivity (Wildman–Crippen MR) is 158 cm³/mol. The average molecular weight is 610 g/mol. The van der Waals surface area contributed by atoms with Crippen molar-refractivity contribution in [2.24, 2.45) is 5.92 Å². The van der Waals surface area contributed by atoms with E-state index in [1.165, 1.54) is 0 Å². The number of nitrogens with zero attached hydrogens (tertiary/aromatic N) is 1. The fraction of sp³-hybridized carbons (Fsp3) is 0.121. The van der Waals surface area contributed by atoms with Gasteiger partial charge in [0.2, 0.25) is 5.91 Å². The van der Waals surface area contributed by atoms with E-state index in [1.807, 2.05) is 65.7 Å². The summed E-state index contributed by atoms with van der Waals surface area (Å²) in [6.45, 7) is 0. The molecular formula is C33H22BrClN2O3. The molecule has 0 saturated carbocycles. The molecule has 4 atom stereocenters. The van der Waals surface area contributed by atoms with Crippen LogP contribution in [0.2, 0.25) is 5.02 Å². The Morgan fingerprint density at radius 1 is 0.850 bits per heavy atom. The van der Waals surface area contributed by atoms with Gasteiger partial charge in [0.1, 0.15) is 11.5 Å². The van der Waals surface area contributed by atoms with Crippen molar-refractivity contribution in [1.82, 2.24) is 4.90 Å². The highest BCUT2D eigenvalue weighted by Crippen LogP contribution is 2.62. The highest BCUT2D eigenvalue weighted by atomic mass is 79.9. The van der Waals surface area contributed by atoms with Crippen molar-refractivity contribution >= 4 is 56.8 Å². The van der Waals surface area contributed by atoms with Gasteiger partial charge in [-0.1, -0.05) is 94.3 Å². The number of carbonyl (C=O) groups is 3. The van der Waals surface area contributed by atoms with Crippen LogP contribution in [0, 0.1) is 5.92 Å². The van der Waals surface area contributed by atoms with Gasteiger partial charge in [-0.3, -0.25) is 14.4 Å². The number of para-hydroxylation sites is 1. The molecule has 40 heavy (non-hydrogen) atoms. The molecule has 1 spiro atoms. The van der Waals surface area contributed by atoms with Crippen LogP contribution in [0.4, 0.5) is 5.69 Å². The van der Waals surface area contributed by atoms with Gasteiger partial charge in [0, 0.05) is 27.5 Å². The van der Waals surface area contributed by atoms with Crippen LogP contribution >= 0.6 is 27.5 Å². The summed E-state index contributed by atoms with van der Waals surface area (Å²) >= 11 is 10.00. The first-order valence-electron chi connectivity index (χ1n) is 13.0. The Morgan fingerprint density at radius 3 is 2.35 bits per heavy atom. The molecule has 7 heteroatoms. The van der Waals surface area contributed by atoms with Gasteiger partial charge >= 0.3 is 0 Å². The summed E-state index contributed by atoms with van der Waals surface area (Å²) < 4.78 is 0.826. The third-order valence-electron chi connectivity index (χ3n) is 8.39. The monoisotopic (exact) mass is 608 g/mol. The third kappa shape index (κ3) is 3.42. The molecule has 3 aliphatic rings. The molecule has 1 N–H and O–H groups in total. The third-order valence-corrected chi connectivity index (χ3v) is 9.25. The first-order chi connectivity index (χ1) is 19.4. The van der Waals surface area contributed by atoms with E-state index in [9.17, 15) is 14.4 Å². The molecular weight excluding hydrogens is 588 g/mol. The highest BCUT2D eigenvalue weighted by molar-refractivity contribution is 9.10. The van der Waals surface area contributed by atoms with Gasteiger partial charge in [0.05, 0.1) is 17.0 Å². The van der Waals surface area contributed by atoms with Crippen molar-refractivity contribution in [3.8, 4) is 0 Å². The minimum Gasteiger partial charge on any atom is -0.358 e. The Hall–Kier alpha value is -4.00. The lowest BCUT2D eigenvalue weighted by Gasteiger charge is -2.38. The number of hydrogen-bond donors (Lipinski definition) is 1. The zero-order chi connectivity index (χ0) is 27.6. The molecule has 0 aromatic heterocycles. The summed E-state index contributed by atoms with van der Waals surface area (Å²) in [7, 11) is 0. The predicted octanol–water partition coefficient (Wildman–Crippen LogP) is 7.08. The van der Waals surface area contributed by atoms with Crippen molar-refractivity contribution in [3.05, 3.63) is 141 Å². The average Bonchev–Trinajstić information content (AvgIpc) is 3.45. The highest BCUT2D eigenvalue weighted by Gasteiger charge is 2.70. The molecule has 7 rings (SSSR count). The van der Waals surface area contributed by atoms with E-state index in [4.69, 9.17) is 11.6 Å². The van der Waals surface area contributed by atoms with Crippen LogP contribution in [0.25, 0.3) is 6.08 Å². The standard InChI is InChI=1S/C33H22BrClN2O3/c34-21-15-13-20(14-16-21)29(38)27-28(30(39)23-9-3-5-11-25(23)35)37-18-17-19-7-1-2-8-22(19)31(37)33(27)24-10-4-6-12-26(24)36-32(33)40/h1-18,27-28,31H,(H,36,40)/t27-,28+,31-,33+/m0/s1. The van der Waals surface area contributed by atoms with Gasteiger partial charge in [-0.15, -0.1) is 0 Å². The Kier molecular flexibility index (Phi) is 5.81. The summed E-state index contributed by atoms with van der Waals surface area (Å²) in [5.74, 6) is -1.91. The van der Waals surface area contributed by atoms with E-state index in [0.717, 1.165) is 15.6 Å². The number of amides is 1. The van der Waals surface area contributed by atoms with Crippen LogP contribution in [0.15, 0.2) is 108 Å². The van der Waals surface area contributed by atoms with Crippen LogP contribution < -0.4 is 5.32 Å². The molecule has 4 aromatic rings. The number of rotatable bonds is 4. The zero-order valence-electron chi connectivity index (χ0n) is 21.1.